The number of aryl methyl sites for hydroxylation is 1. The molecule has 1 saturated heterocycles. The molecule has 6 nitrogen and oxygen atoms in total. The highest BCUT2D eigenvalue weighted by Crippen LogP contribution is 2.19. The van der Waals surface area contributed by atoms with Gasteiger partial charge in [-0.15, -0.1) is 0 Å². The number of likely N-dealkylation sites (N-methyl/N-ethyl adjacent to an activating group) is 1. The molecule has 6 heteroatoms. The second-order valence-corrected chi connectivity index (χ2v) is 5.72. The van der Waals surface area contributed by atoms with Crippen molar-refractivity contribution in [1.29, 1.82) is 0 Å². The predicted molar refractivity (Wildman–Crippen MR) is 76.1 cm³/mol. The molecule has 1 aromatic heterocycles. The molecule has 0 aromatic carbocycles. The van der Waals surface area contributed by atoms with Crippen LogP contribution in [0.2, 0.25) is 0 Å². The molecule has 1 aromatic rings. The molecular formula is C14H24N4O2. The van der Waals surface area contributed by atoms with Gasteiger partial charge in [-0.05, 0) is 26.9 Å². The number of carbonyl (C=O) groups excluding carboxylic acids is 1. The normalized spacial score (nSPS) is 21.2. The van der Waals surface area contributed by atoms with E-state index in [1.807, 2.05) is 26.0 Å². The number of hydrogen-bond donors (Lipinski definition) is 1. The Morgan fingerprint density at radius 1 is 1.60 bits per heavy atom. The van der Waals surface area contributed by atoms with E-state index in [1.54, 1.807) is 17.0 Å². The number of carbonyl (C=O) groups is 1. The van der Waals surface area contributed by atoms with Crippen molar-refractivity contribution in [2.45, 2.75) is 31.4 Å². The summed E-state index contributed by atoms with van der Waals surface area (Å²) in [6.07, 6.45) is 4.82. The van der Waals surface area contributed by atoms with Gasteiger partial charge < -0.3 is 19.5 Å². The van der Waals surface area contributed by atoms with Gasteiger partial charge in [0, 0.05) is 38.6 Å². The highest BCUT2D eigenvalue weighted by molar-refractivity contribution is 5.77. The maximum atomic E-state index is 12.3. The minimum Gasteiger partial charge on any atom is -0.385 e. The van der Waals surface area contributed by atoms with Crippen molar-refractivity contribution in [3.63, 3.8) is 0 Å². The Balaban J connectivity index is 1.93. The van der Waals surface area contributed by atoms with Gasteiger partial charge in [0.25, 0.3) is 0 Å². The number of imidazole rings is 1. The summed E-state index contributed by atoms with van der Waals surface area (Å²) in [5.41, 5.74) is 0. The van der Waals surface area contributed by atoms with Gasteiger partial charge in [-0.3, -0.25) is 4.79 Å². The van der Waals surface area contributed by atoms with Crippen LogP contribution in [0.4, 0.5) is 0 Å². The van der Waals surface area contributed by atoms with E-state index in [-0.39, 0.29) is 12.3 Å². The molecule has 1 amide bonds. The van der Waals surface area contributed by atoms with Crippen LogP contribution in [0.15, 0.2) is 12.4 Å². The van der Waals surface area contributed by atoms with Crippen molar-refractivity contribution in [3.05, 3.63) is 18.2 Å². The Hall–Kier alpha value is -1.40. The summed E-state index contributed by atoms with van der Waals surface area (Å²) in [5, 5.41) is 10.1. The van der Waals surface area contributed by atoms with Crippen LogP contribution in [-0.4, -0.2) is 63.6 Å². The largest absolute Gasteiger partial charge is 0.385 e. The molecule has 2 rings (SSSR count). The van der Waals surface area contributed by atoms with E-state index in [9.17, 15) is 9.90 Å². The maximum Gasteiger partial charge on any atom is 0.225 e. The van der Waals surface area contributed by atoms with Crippen LogP contribution in [0, 0.1) is 0 Å². The predicted octanol–water partition coefficient (Wildman–Crippen LogP) is 0.396. The number of likely N-dealkylation sites (tertiary alicyclic amines) is 1. The topological polar surface area (TPSA) is 61.6 Å². The van der Waals surface area contributed by atoms with Gasteiger partial charge in [0.05, 0.1) is 6.42 Å². The van der Waals surface area contributed by atoms with E-state index in [1.165, 1.54) is 0 Å². The van der Waals surface area contributed by atoms with Gasteiger partial charge in [0.2, 0.25) is 5.91 Å². The summed E-state index contributed by atoms with van der Waals surface area (Å²) < 4.78 is 1.75. The van der Waals surface area contributed by atoms with Crippen molar-refractivity contribution < 1.29 is 9.90 Å². The van der Waals surface area contributed by atoms with Crippen molar-refractivity contribution in [3.8, 4) is 0 Å². The number of aliphatic hydroxyl groups excluding tert-OH is 1. The van der Waals surface area contributed by atoms with E-state index in [4.69, 9.17) is 0 Å². The monoisotopic (exact) mass is 280 g/mol. The molecule has 2 heterocycles. The minimum atomic E-state index is -0.831. The zero-order valence-electron chi connectivity index (χ0n) is 12.5. The average molecular weight is 280 g/mol. The lowest BCUT2D eigenvalue weighted by Gasteiger charge is -2.36. The van der Waals surface area contributed by atoms with E-state index in [2.05, 4.69) is 9.88 Å². The van der Waals surface area contributed by atoms with Gasteiger partial charge in [-0.2, -0.15) is 0 Å². The lowest BCUT2D eigenvalue weighted by Crippen LogP contribution is -2.47. The molecule has 2 atom stereocenters. The van der Waals surface area contributed by atoms with Gasteiger partial charge in [0.15, 0.2) is 0 Å². The average Bonchev–Trinajstić information content (AvgIpc) is 2.85. The van der Waals surface area contributed by atoms with E-state index in [0.717, 1.165) is 25.9 Å². The van der Waals surface area contributed by atoms with Crippen molar-refractivity contribution >= 4 is 5.91 Å². The van der Waals surface area contributed by atoms with E-state index in [0.29, 0.717) is 11.9 Å². The Labute approximate surface area is 120 Å². The van der Waals surface area contributed by atoms with Crippen LogP contribution < -0.4 is 0 Å². The quantitative estimate of drug-likeness (QED) is 0.867. The second kappa shape index (κ2) is 6.37. The fourth-order valence-corrected chi connectivity index (χ4v) is 2.69. The molecule has 2 unspecified atom stereocenters. The van der Waals surface area contributed by atoms with Crippen molar-refractivity contribution in [1.82, 2.24) is 19.4 Å². The lowest BCUT2D eigenvalue weighted by atomic mass is 10.0. The fourth-order valence-electron chi connectivity index (χ4n) is 2.69. The lowest BCUT2D eigenvalue weighted by molar-refractivity contribution is -0.135. The number of aliphatic hydroxyl groups is 1. The molecule has 1 fully saturated rings. The first-order valence-corrected chi connectivity index (χ1v) is 7.08. The number of piperidine rings is 1. The van der Waals surface area contributed by atoms with Gasteiger partial charge >= 0.3 is 0 Å². The number of amides is 1. The summed E-state index contributed by atoms with van der Waals surface area (Å²) in [6.45, 7) is 1.54. The number of rotatable bonds is 4. The number of nitrogens with zero attached hydrogens (tertiary/aromatic N) is 4. The first kappa shape index (κ1) is 15.0. The third-order valence-corrected chi connectivity index (χ3v) is 4.00. The molecule has 1 aliphatic heterocycles. The van der Waals surface area contributed by atoms with Crippen molar-refractivity contribution in [2.75, 3.05) is 27.2 Å². The molecule has 1 aliphatic rings. The molecule has 0 spiro atoms. The molecule has 1 N–H and O–H groups in total. The van der Waals surface area contributed by atoms with Crippen LogP contribution in [0.1, 0.15) is 31.2 Å². The molecule has 0 bridgehead atoms. The molecule has 0 radical (unpaired) electrons. The van der Waals surface area contributed by atoms with Crippen LogP contribution in [0.3, 0.4) is 0 Å². The summed E-state index contributed by atoms with van der Waals surface area (Å²) in [5.74, 6) is 0.548. The van der Waals surface area contributed by atoms with E-state index < -0.39 is 6.10 Å². The Morgan fingerprint density at radius 3 is 2.95 bits per heavy atom. The van der Waals surface area contributed by atoms with Gasteiger partial charge in [-0.1, -0.05) is 0 Å². The van der Waals surface area contributed by atoms with Crippen molar-refractivity contribution in [2.24, 2.45) is 7.05 Å². The van der Waals surface area contributed by atoms with Crippen LogP contribution >= 0.6 is 0 Å². The summed E-state index contributed by atoms with van der Waals surface area (Å²) in [6, 6.07) is 0.415. The van der Waals surface area contributed by atoms with Gasteiger partial charge in [-0.25, -0.2) is 4.98 Å². The standard InChI is InChI=1S/C14H24N4O2/c1-16(2)11-5-4-7-18(10-11)13(20)9-12(19)14-15-6-8-17(14)3/h6,8,11-12,19H,4-5,7,9-10H2,1-3H3. The second-order valence-electron chi connectivity index (χ2n) is 5.72. The smallest absolute Gasteiger partial charge is 0.225 e. The van der Waals surface area contributed by atoms with Crippen LogP contribution in [0.25, 0.3) is 0 Å². The third-order valence-electron chi connectivity index (χ3n) is 4.00. The zero-order valence-corrected chi connectivity index (χ0v) is 12.5. The minimum absolute atomic E-state index is 0.00653. The van der Waals surface area contributed by atoms with E-state index >= 15 is 0 Å². The maximum absolute atomic E-state index is 12.3. The SMILES string of the molecule is CN(C)C1CCCN(C(=O)CC(O)c2nccn2C)C1. The van der Waals surface area contributed by atoms with Crippen LogP contribution in [0.5, 0.6) is 0 Å². The summed E-state index contributed by atoms with van der Waals surface area (Å²) in [7, 11) is 5.90. The Morgan fingerprint density at radius 2 is 2.35 bits per heavy atom. The molecule has 112 valence electrons. The highest BCUT2D eigenvalue weighted by atomic mass is 16.3. The van der Waals surface area contributed by atoms with Crippen LogP contribution in [-0.2, 0) is 11.8 Å². The number of hydrogen-bond acceptors (Lipinski definition) is 4. The molecule has 0 aliphatic carbocycles. The third kappa shape index (κ3) is 3.37. The Kier molecular flexibility index (Phi) is 4.77. The zero-order chi connectivity index (χ0) is 14.7. The molecular weight excluding hydrogens is 256 g/mol. The first-order chi connectivity index (χ1) is 9.49. The molecule has 20 heavy (non-hydrogen) atoms. The highest BCUT2D eigenvalue weighted by Gasteiger charge is 2.27. The number of aromatic nitrogens is 2. The summed E-state index contributed by atoms with van der Waals surface area (Å²) >= 11 is 0. The Bertz CT molecular complexity index is 458. The summed E-state index contributed by atoms with van der Waals surface area (Å²) in [4.78, 5) is 20.4. The first-order valence-electron chi connectivity index (χ1n) is 7.08. The van der Waals surface area contributed by atoms with Gasteiger partial charge in [0.1, 0.15) is 11.9 Å². The molecule has 0 saturated carbocycles. The fraction of sp³-hybridized carbons (Fsp3) is 0.714.